The fourth-order valence-electron chi connectivity index (χ4n) is 2.29. The first-order valence-corrected chi connectivity index (χ1v) is 6.63. The van der Waals surface area contributed by atoms with E-state index in [1.165, 1.54) is 5.69 Å². The fourth-order valence-corrected chi connectivity index (χ4v) is 3.23. The highest BCUT2D eigenvalue weighted by molar-refractivity contribution is 7.15. The van der Waals surface area contributed by atoms with E-state index >= 15 is 0 Å². The predicted molar refractivity (Wildman–Crippen MR) is 69.5 cm³/mol. The average molecular weight is 261 g/mol. The fraction of sp³-hybridized carbons (Fsp3) is 0.250. The lowest BCUT2D eigenvalue weighted by atomic mass is 10.2. The molecule has 3 heterocycles. The number of benzene rings is 1. The lowest BCUT2D eigenvalue weighted by molar-refractivity contribution is 0.174. The van der Waals surface area contributed by atoms with Gasteiger partial charge in [-0.25, -0.2) is 4.98 Å². The number of nitrogens with two attached hydrogens (primary N) is 1. The van der Waals surface area contributed by atoms with E-state index in [4.69, 9.17) is 15.2 Å². The molecule has 6 heteroatoms. The van der Waals surface area contributed by atoms with Gasteiger partial charge in [-0.3, -0.25) is 4.40 Å². The van der Waals surface area contributed by atoms with Gasteiger partial charge < -0.3 is 15.2 Å². The quantitative estimate of drug-likeness (QED) is 0.763. The Bertz CT molecular complexity index is 747. The Balaban J connectivity index is 2.05. The highest BCUT2D eigenvalue weighted by atomic mass is 32.1. The van der Waals surface area contributed by atoms with Crippen LogP contribution in [0.15, 0.2) is 17.5 Å². The van der Waals surface area contributed by atoms with Crippen LogP contribution in [0.5, 0.6) is 11.5 Å². The number of nitrogens with zero attached hydrogens (tertiary/aromatic N) is 2. The number of hydrogen-bond donors (Lipinski definition) is 1. The summed E-state index contributed by atoms with van der Waals surface area (Å²) in [5.41, 5.74) is 8.82. The molecule has 1 aliphatic heterocycles. The Kier molecular flexibility index (Phi) is 2.03. The second-order valence-corrected chi connectivity index (χ2v) is 5.03. The number of aromatic nitrogens is 2. The largest absolute Gasteiger partial charge is 0.454 e. The van der Waals surface area contributed by atoms with Crippen molar-refractivity contribution in [3.05, 3.63) is 23.2 Å². The number of fused-ring (bicyclic) bond motifs is 4. The van der Waals surface area contributed by atoms with Crippen LogP contribution in [0.3, 0.4) is 0 Å². The van der Waals surface area contributed by atoms with Crippen LogP contribution in [-0.2, 0) is 6.42 Å². The zero-order chi connectivity index (χ0) is 12.1. The summed E-state index contributed by atoms with van der Waals surface area (Å²) >= 11 is 1.63. The SMILES string of the molecule is NCCc1csc2nc3cc4c(cc3n12)OCO4. The van der Waals surface area contributed by atoms with Crippen molar-refractivity contribution in [1.82, 2.24) is 9.38 Å². The van der Waals surface area contributed by atoms with Crippen molar-refractivity contribution in [3.8, 4) is 11.5 Å². The van der Waals surface area contributed by atoms with Crippen molar-refractivity contribution in [1.29, 1.82) is 0 Å². The molecular formula is C12H11N3O2S. The maximum Gasteiger partial charge on any atom is 0.231 e. The normalized spacial score (nSPS) is 13.8. The molecular weight excluding hydrogens is 250 g/mol. The van der Waals surface area contributed by atoms with Gasteiger partial charge in [0.15, 0.2) is 16.5 Å². The molecule has 0 saturated carbocycles. The summed E-state index contributed by atoms with van der Waals surface area (Å²) in [6.07, 6.45) is 0.847. The standard InChI is InChI=1S/C12H11N3O2S/c13-2-1-7-5-18-12-14-8-3-10-11(17-6-16-10)4-9(8)15(7)12/h3-5H,1-2,6,13H2. The van der Waals surface area contributed by atoms with Crippen molar-refractivity contribution >= 4 is 27.3 Å². The molecule has 4 rings (SSSR count). The number of hydrogen-bond acceptors (Lipinski definition) is 5. The lowest BCUT2D eigenvalue weighted by Gasteiger charge is -1.99. The Morgan fingerprint density at radius 1 is 1.33 bits per heavy atom. The zero-order valence-corrected chi connectivity index (χ0v) is 10.4. The second kappa shape index (κ2) is 3.60. The number of ether oxygens (including phenoxy) is 2. The Morgan fingerprint density at radius 3 is 3.00 bits per heavy atom. The monoisotopic (exact) mass is 261 g/mol. The molecule has 0 spiro atoms. The van der Waals surface area contributed by atoms with Crippen LogP contribution in [0.25, 0.3) is 16.0 Å². The van der Waals surface area contributed by atoms with Gasteiger partial charge in [-0.2, -0.15) is 0 Å². The lowest BCUT2D eigenvalue weighted by Crippen LogP contribution is -2.04. The Labute approximate surface area is 107 Å². The van der Waals surface area contributed by atoms with Crippen LogP contribution in [0.4, 0.5) is 0 Å². The molecule has 92 valence electrons. The van der Waals surface area contributed by atoms with Gasteiger partial charge in [0.05, 0.1) is 11.0 Å². The van der Waals surface area contributed by atoms with Crippen LogP contribution in [-0.4, -0.2) is 22.7 Å². The van der Waals surface area contributed by atoms with Crippen LogP contribution >= 0.6 is 11.3 Å². The predicted octanol–water partition coefficient (Wildman–Crippen LogP) is 1.78. The van der Waals surface area contributed by atoms with E-state index in [-0.39, 0.29) is 6.79 Å². The minimum absolute atomic E-state index is 0.287. The van der Waals surface area contributed by atoms with E-state index in [0.717, 1.165) is 33.9 Å². The maximum atomic E-state index is 5.64. The highest BCUT2D eigenvalue weighted by Gasteiger charge is 2.18. The molecule has 0 bridgehead atoms. The summed E-state index contributed by atoms with van der Waals surface area (Å²) in [4.78, 5) is 5.58. The zero-order valence-electron chi connectivity index (χ0n) is 9.55. The number of rotatable bonds is 2. The molecule has 0 radical (unpaired) electrons. The van der Waals surface area contributed by atoms with Crippen molar-refractivity contribution < 1.29 is 9.47 Å². The molecule has 5 nitrogen and oxygen atoms in total. The van der Waals surface area contributed by atoms with Crippen molar-refractivity contribution in [3.63, 3.8) is 0 Å². The molecule has 0 saturated heterocycles. The topological polar surface area (TPSA) is 61.8 Å². The van der Waals surface area contributed by atoms with Gasteiger partial charge in [0.2, 0.25) is 6.79 Å². The van der Waals surface area contributed by atoms with Gasteiger partial charge >= 0.3 is 0 Å². The third-order valence-corrected chi connectivity index (χ3v) is 3.98. The van der Waals surface area contributed by atoms with Crippen LogP contribution in [0.2, 0.25) is 0 Å². The number of thiazole rings is 1. The minimum Gasteiger partial charge on any atom is -0.454 e. The Hall–Kier alpha value is -1.79. The molecule has 18 heavy (non-hydrogen) atoms. The van der Waals surface area contributed by atoms with Crippen LogP contribution in [0.1, 0.15) is 5.69 Å². The van der Waals surface area contributed by atoms with Crippen molar-refractivity contribution in [2.24, 2.45) is 5.73 Å². The van der Waals surface area contributed by atoms with E-state index in [0.29, 0.717) is 6.54 Å². The third-order valence-electron chi connectivity index (χ3n) is 3.11. The van der Waals surface area contributed by atoms with E-state index in [1.807, 2.05) is 12.1 Å². The molecule has 2 aromatic heterocycles. The van der Waals surface area contributed by atoms with Gasteiger partial charge in [0, 0.05) is 29.6 Å². The summed E-state index contributed by atoms with van der Waals surface area (Å²) < 4.78 is 12.9. The van der Waals surface area contributed by atoms with Gasteiger partial charge in [-0.1, -0.05) is 0 Å². The summed E-state index contributed by atoms with van der Waals surface area (Å²) in [6.45, 7) is 0.922. The first-order chi connectivity index (χ1) is 8.86. The second-order valence-electron chi connectivity index (χ2n) is 4.19. The van der Waals surface area contributed by atoms with Gasteiger partial charge in [-0.15, -0.1) is 11.3 Å². The van der Waals surface area contributed by atoms with Crippen molar-refractivity contribution in [2.75, 3.05) is 13.3 Å². The molecule has 0 fully saturated rings. The molecule has 1 aromatic carbocycles. The van der Waals surface area contributed by atoms with Crippen molar-refractivity contribution in [2.45, 2.75) is 6.42 Å². The van der Waals surface area contributed by atoms with Gasteiger partial charge in [0.1, 0.15) is 0 Å². The molecule has 0 atom stereocenters. The Morgan fingerprint density at radius 2 is 2.17 bits per heavy atom. The van der Waals surface area contributed by atoms with Crippen LogP contribution in [0, 0.1) is 0 Å². The van der Waals surface area contributed by atoms with Crippen LogP contribution < -0.4 is 15.2 Å². The minimum atomic E-state index is 0.287. The summed E-state index contributed by atoms with van der Waals surface area (Å²) in [7, 11) is 0. The van der Waals surface area contributed by atoms with E-state index < -0.39 is 0 Å². The molecule has 3 aromatic rings. The van der Waals surface area contributed by atoms with E-state index in [1.54, 1.807) is 11.3 Å². The first-order valence-electron chi connectivity index (χ1n) is 5.75. The van der Waals surface area contributed by atoms with E-state index in [2.05, 4.69) is 14.8 Å². The van der Waals surface area contributed by atoms with Gasteiger partial charge in [-0.05, 0) is 6.54 Å². The highest BCUT2D eigenvalue weighted by Crippen LogP contribution is 2.37. The molecule has 0 unspecified atom stereocenters. The summed E-state index contributed by atoms with van der Waals surface area (Å²) in [5, 5.41) is 2.11. The molecule has 2 N–H and O–H groups in total. The van der Waals surface area contributed by atoms with Gasteiger partial charge in [0.25, 0.3) is 0 Å². The maximum absolute atomic E-state index is 5.64. The smallest absolute Gasteiger partial charge is 0.231 e. The number of imidazole rings is 1. The molecule has 0 aliphatic carbocycles. The summed E-state index contributed by atoms with van der Waals surface area (Å²) in [6, 6.07) is 3.92. The van der Waals surface area contributed by atoms with E-state index in [9.17, 15) is 0 Å². The average Bonchev–Trinajstić information content (AvgIpc) is 3.02. The first kappa shape index (κ1) is 10.2. The molecule has 0 amide bonds. The summed E-state index contributed by atoms with van der Waals surface area (Å²) in [5.74, 6) is 1.56. The molecule has 1 aliphatic rings. The third kappa shape index (κ3) is 1.27.